The molecule has 0 radical (unpaired) electrons. The minimum Gasteiger partial charge on any atom is -0.335 e. The largest absolute Gasteiger partial charge is 0.335 e. The van der Waals surface area contributed by atoms with Crippen LogP contribution in [0.4, 0.5) is 10.1 Å². The lowest BCUT2D eigenvalue weighted by atomic mass is 10.2. The van der Waals surface area contributed by atoms with Gasteiger partial charge < -0.3 is 11.2 Å². The Balaban J connectivity index is 1.67. The van der Waals surface area contributed by atoms with Crippen LogP contribution in [0.25, 0.3) is 11.4 Å². The third-order valence-electron chi connectivity index (χ3n) is 3.17. The molecular weight excluding hydrogens is 329 g/mol. The molecule has 0 spiro atoms. The molecule has 6 nitrogen and oxygen atoms in total. The Morgan fingerprint density at radius 2 is 1.83 bits per heavy atom. The first-order chi connectivity index (χ1) is 11.6. The average Bonchev–Trinajstić information content (AvgIpc) is 2.95. The fourth-order valence-electron chi connectivity index (χ4n) is 2.05. The summed E-state index contributed by atoms with van der Waals surface area (Å²) in [4.78, 5) is 11.9. The number of nitrogens with two attached hydrogens (primary N) is 1. The number of nitrogen functional groups attached to an aromatic ring is 1. The van der Waals surface area contributed by atoms with Crippen LogP contribution in [-0.2, 0) is 4.79 Å². The number of benzene rings is 2. The van der Waals surface area contributed by atoms with Crippen LogP contribution in [0.3, 0.4) is 0 Å². The monoisotopic (exact) mass is 343 g/mol. The highest BCUT2D eigenvalue weighted by atomic mass is 32.2. The van der Waals surface area contributed by atoms with Crippen LogP contribution >= 0.6 is 11.8 Å². The second-order valence-corrected chi connectivity index (χ2v) is 5.80. The minimum absolute atomic E-state index is 0.113. The van der Waals surface area contributed by atoms with Crippen LogP contribution in [0.15, 0.2) is 59.8 Å². The van der Waals surface area contributed by atoms with Gasteiger partial charge in [-0.2, -0.15) is 0 Å². The van der Waals surface area contributed by atoms with Crippen molar-refractivity contribution >= 4 is 23.4 Å². The number of hydrogen-bond acceptors (Lipinski definition) is 5. The first-order valence-corrected chi connectivity index (χ1v) is 8.07. The summed E-state index contributed by atoms with van der Waals surface area (Å²) in [5.74, 6) is 5.61. The van der Waals surface area contributed by atoms with Crippen LogP contribution in [0.5, 0.6) is 0 Å². The fraction of sp³-hybridized carbons (Fsp3) is 0.0625. The van der Waals surface area contributed by atoms with Crippen molar-refractivity contribution in [2.45, 2.75) is 5.16 Å². The Labute approximate surface area is 141 Å². The van der Waals surface area contributed by atoms with Crippen molar-refractivity contribution in [1.29, 1.82) is 0 Å². The van der Waals surface area contributed by atoms with Crippen molar-refractivity contribution in [1.82, 2.24) is 14.9 Å². The number of carbonyl (C=O) groups is 1. The zero-order valence-corrected chi connectivity index (χ0v) is 13.3. The molecule has 0 saturated heterocycles. The highest BCUT2D eigenvalue weighted by molar-refractivity contribution is 7.99. The molecule has 0 fully saturated rings. The smallest absolute Gasteiger partial charge is 0.234 e. The molecular formula is C16H14FN5OS. The maximum Gasteiger partial charge on any atom is 0.234 e. The maximum absolute atomic E-state index is 13.8. The second kappa shape index (κ2) is 7.14. The number of rotatable bonds is 5. The molecule has 3 rings (SSSR count). The zero-order valence-electron chi connectivity index (χ0n) is 12.5. The van der Waals surface area contributed by atoms with Gasteiger partial charge in [0.1, 0.15) is 5.82 Å². The zero-order chi connectivity index (χ0) is 16.9. The summed E-state index contributed by atoms with van der Waals surface area (Å²) in [5, 5.41) is 10.9. The number of aromatic nitrogens is 3. The molecule has 3 aromatic rings. The highest BCUT2D eigenvalue weighted by Gasteiger charge is 2.16. The molecule has 24 heavy (non-hydrogen) atoms. The van der Waals surface area contributed by atoms with Crippen LogP contribution in [0.1, 0.15) is 0 Å². The van der Waals surface area contributed by atoms with E-state index in [1.807, 2.05) is 18.2 Å². The number of amides is 1. The van der Waals surface area contributed by atoms with Gasteiger partial charge in [-0.15, -0.1) is 10.2 Å². The van der Waals surface area contributed by atoms with E-state index < -0.39 is 5.82 Å². The number of nitrogens with zero attached hydrogens (tertiary/aromatic N) is 3. The topological polar surface area (TPSA) is 85.8 Å². The van der Waals surface area contributed by atoms with Gasteiger partial charge in [0.15, 0.2) is 5.82 Å². The Bertz CT molecular complexity index is 853. The van der Waals surface area contributed by atoms with Gasteiger partial charge in [-0.1, -0.05) is 42.1 Å². The predicted octanol–water partition coefficient (Wildman–Crippen LogP) is 2.53. The van der Waals surface area contributed by atoms with Crippen molar-refractivity contribution in [2.24, 2.45) is 0 Å². The van der Waals surface area contributed by atoms with E-state index in [1.54, 1.807) is 30.3 Å². The average molecular weight is 343 g/mol. The summed E-state index contributed by atoms with van der Waals surface area (Å²) in [5.41, 5.74) is 0.970. The van der Waals surface area contributed by atoms with Gasteiger partial charge in [0, 0.05) is 5.69 Å². The molecule has 3 N–H and O–H groups in total. The third-order valence-corrected chi connectivity index (χ3v) is 4.11. The lowest BCUT2D eigenvalue weighted by Crippen LogP contribution is -2.16. The van der Waals surface area contributed by atoms with Gasteiger partial charge in [-0.25, -0.2) is 9.07 Å². The van der Waals surface area contributed by atoms with Crippen LogP contribution in [0.2, 0.25) is 0 Å². The van der Waals surface area contributed by atoms with Crippen LogP contribution in [-0.4, -0.2) is 26.5 Å². The summed E-state index contributed by atoms with van der Waals surface area (Å²) < 4.78 is 15.0. The van der Waals surface area contributed by atoms with Crippen molar-refractivity contribution in [3.8, 4) is 11.4 Å². The number of hydrogen-bond donors (Lipinski definition) is 2. The van der Waals surface area contributed by atoms with E-state index >= 15 is 0 Å². The van der Waals surface area contributed by atoms with E-state index in [9.17, 15) is 9.18 Å². The Morgan fingerprint density at radius 1 is 1.12 bits per heavy atom. The molecule has 8 heteroatoms. The number of thioether (sulfide) groups is 1. The number of carbonyl (C=O) groups excluding carboxylic acids is 1. The number of nitrogens with one attached hydrogen (secondary N) is 1. The molecule has 1 aromatic heterocycles. The number of para-hydroxylation sites is 1. The Morgan fingerprint density at radius 3 is 2.58 bits per heavy atom. The van der Waals surface area contributed by atoms with Crippen molar-refractivity contribution in [3.63, 3.8) is 0 Å². The predicted molar refractivity (Wildman–Crippen MR) is 91.4 cm³/mol. The Kier molecular flexibility index (Phi) is 4.76. The van der Waals surface area contributed by atoms with Gasteiger partial charge in [-0.05, 0) is 24.3 Å². The first-order valence-electron chi connectivity index (χ1n) is 7.08. The third kappa shape index (κ3) is 3.54. The molecule has 0 aliphatic carbocycles. The summed E-state index contributed by atoms with van der Waals surface area (Å²) in [6.45, 7) is 0. The fourth-order valence-corrected chi connectivity index (χ4v) is 2.71. The summed E-state index contributed by atoms with van der Waals surface area (Å²) in [7, 11) is 0. The summed E-state index contributed by atoms with van der Waals surface area (Å²) >= 11 is 1.13. The number of halogens is 1. The maximum atomic E-state index is 13.8. The van der Waals surface area contributed by atoms with E-state index in [4.69, 9.17) is 5.84 Å². The molecule has 1 heterocycles. The molecule has 0 saturated carbocycles. The van der Waals surface area contributed by atoms with Crippen molar-refractivity contribution < 1.29 is 9.18 Å². The molecule has 0 aliphatic rings. The summed E-state index contributed by atoms with van der Waals surface area (Å²) in [6.07, 6.45) is 0. The first kappa shape index (κ1) is 16.0. The minimum atomic E-state index is -0.435. The lowest BCUT2D eigenvalue weighted by molar-refractivity contribution is -0.113. The van der Waals surface area contributed by atoms with Crippen molar-refractivity contribution in [3.05, 3.63) is 60.4 Å². The van der Waals surface area contributed by atoms with Crippen molar-refractivity contribution in [2.75, 3.05) is 16.9 Å². The molecule has 0 atom stereocenters. The van der Waals surface area contributed by atoms with Gasteiger partial charge in [0.05, 0.1) is 11.3 Å². The van der Waals surface area contributed by atoms with E-state index in [-0.39, 0.29) is 23.0 Å². The molecule has 0 bridgehead atoms. The summed E-state index contributed by atoms with van der Waals surface area (Å²) in [6, 6.07) is 15.3. The van der Waals surface area contributed by atoms with Gasteiger partial charge >= 0.3 is 0 Å². The quantitative estimate of drug-likeness (QED) is 0.549. The van der Waals surface area contributed by atoms with Gasteiger partial charge in [0.2, 0.25) is 11.1 Å². The standard InChI is InChI=1S/C16H14FN5OS/c17-13-9-5-4-8-12(13)15-20-21-16(22(15)18)24-10-14(23)19-11-6-2-1-3-7-11/h1-9H,10,18H2,(H,19,23). The van der Waals surface area contributed by atoms with Gasteiger partial charge in [0.25, 0.3) is 0 Å². The van der Waals surface area contributed by atoms with E-state index in [2.05, 4.69) is 15.5 Å². The molecule has 0 unspecified atom stereocenters. The van der Waals surface area contributed by atoms with Gasteiger partial charge in [-0.3, -0.25) is 4.79 Å². The Hall–Kier alpha value is -2.87. The SMILES string of the molecule is Nn1c(SCC(=O)Nc2ccccc2)nnc1-c1ccccc1F. The van der Waals surface area contributed by atoms with E-state index in [1.165, 1.54) is 10.7 Å². The van der Waals surface area contributed by atoms with Crippen LogP contribution < -0.4 is 11.2 Å². The normalized spacial score (nSPS) is 10.5. The van der Waals surface area contributed by atoms with E-state index in [0.29, 0.717) is 10.8 Å². The molecule has 2 aromatic carbocycles. The van der Waals surface area contributed by atoms with Crippen LogP contribution in [0, 0.1) is 5.82 Å². The molecule has 122 valence electrons. The second-order valence-electron chi connectivity index (χ2n) is 4.86. The molecule has 1 amide bonds. The van der Waals surface area contributed by atoms with E-state index in [0.717, 1.165) is 11.8 Å². The molecule has 0 aliphatic heterocycles. The lowest BCUT2D eigenvalue weighted by Gasteiger charge is -2.05. The highest BCUT2D eigenvalue weighted by Crippen LogP contribution is 2.23. The number of anilines is 1.